The normalized spacial score (nSPS) is 20.9. The third-order valence-corrected chi connectivity index (χ3v) is 3.44. The van der Waals surface area contributed by atoms with Crippen molar-refractivity contribution >= 4 is 17.8 Å². The molecule has 1 aliphatic heterocycles. The van der Waals surface area contributed by atoms with Crippen molar-refractivity contribution in [2.24, 2.45) is 5.92 Å². The minimum atomic E-state index is -0.562. The fraction of sp³-hybridized carbons (Fsp3) is 0.769. The summed E-state index contributed by atoms with van der Waals surface area (Å²) >= 11 is 0. The predicted octanol–water partition coefficient (Wildman–Crippen LogP) is 0.183. The number of nitrogens with zero attached hydrogens (tertiary/aromatic N) is 1. The lowest BCUT2D eigenvalue weighted by atomic mass is 10.0. The van der Waals surface area contributed by atoms with Gasteiger partial charge in [0.25, 0.3) is 0 Å². The van der Waals surface area contributed by atoms with Gasteiger partial charge in [-0.1, -0.05) is 13.8 Å². The van der Waals surface area contributed by atoms with E-state index in [0.29, 0.717) is 6.54 Å². The van der Waals surface area contributed by atoms with E-state index < -0.39 is 18.1 Å². The molecule has 1 heterocycles. The lowest BCUT2D eigenvalue weighted by Crippen LogP contribution is -2.49. The van der Waals surface area contributed by atoms with Gasteiger partial charge in [0, 0.05) is 19.0 Å². The summed E-state index contributed by atoms with van der Waals surface area (Å²) in [6.45, 7) is 4.50. The SMILES string of the molecule is COC(=O)N[C@H](CN1CC(=O)C[C@H]1C(=O)OC)C(C)C. The Balaban J connectivity index is 2.73. The molecule has 0 aromatic heterocycles. The molecule has 0 radical (unpaired) electrons. The van der Waals surface area contributed by atoms with Crippen LogP contribution in [0.4, 0.5) is 4.79 Å². The first-order valence-electron chi connectivity index (χ1n) is 6.57. The molecule has 0 unspecified atom stereocenters. The van der Waals surface area contributed by atoms with Crippen LogP contribution in [0.15, 0.2) is 0 Å². The minimum Gasteiger partial charge on any atom is -0.468 e. The summed E-state index contributed by atoms with van der Waals surface area (Å²) in [5.74, 6) is -0.277. The van der Waals surface area contributed by atoms with Crippen molar-refractivity contribution in [3.8, 4) is 0 Å². The molecule has 1 N–H and O–H groups in total. The highest BCUT2D eigenvalue weighted by atomic mass is 16.5. The number of alkyl carbamates (subject to hydrolysis) is 1. The molecule has 20 heavy (non-hydrogen) atoms. The van der Waals surface area contributed by atoms with Crippen LogP contribution < -0.4 is 5.32 Å². The monoisotopic (exact) mass is 286 g/mol. The number of carbonyl (C=O) groups excluding carboxylic acids is 3. The van der Waals surface area contributed by atoms with Crippen LogP contribution in [0.2, 0.25) is 0 Å². The zero-order chi connectivity index (χ0) is 15.3. The Morgan fingerprint density at radius 1 is 1.35 bits per heavy atom. The third-order valence-electron chi connectivity index (χ3n) is 3.44. The van der Waals surface area contributed by atoms with Gasteiger partial charge in [-0.3, -0.25) is 14.5 Å². The molecule has 2 atom stereocenters. The Bertz CT molecular complexity index is 383. The summed E-state index contributed by atoms with van der Waals surface area (Å²) in [5.41, 5.74) is 0. The second kappa shape index (κ2) is 7.23. The van der Waals surface area contributed by atoms with Gasteiger partial charge in [-0.15, -0.1) is 0 Å². The fourth-order valence-electron chi connectivity index (χ4n) is 2.19. The van der Waals surface area contributed by atoms with E-state index in [1.54, 1.807) is 4.90 Å². The molecule has 1 rings (SSSR count). The Kier molecular flexibility index (Phi) is 5.94. The molecule has 7 heteroatoms. The number of hydrogen-bond donors (Lipinski definition) is 1. The molecular weight excluding hydrogens is 264 g/mol. The molecule has 0 saturated carbocycles. The van der Waals surface area contributed by atoms with E-state index in [9.17, 15) is 14.4 Å². The first-order chi connectivity index (χ1) is 9.38. The quantitative estimate of drug-likeness (QED) is 0.726. The molecule has 0 aromatic rings. The maximum atomic E-state index is 11.7. The number of ether oxygens (including phenoxy) is 2. The highest BCUT2D eigenvalue weighted by Gasteiger charge is 2.38. The highest BCUT2D eigenvalue weighted by molar-refractivity contribution is 5.91. The summed E-state index contributed by atoms with van der Waals surface area (Å²) in [4.78, 5) is 36.3. The Hall–Kier alpha value is -1.63. The Morgan fingerprint density at radius 2 is 2.00 bits per heavy atom. The van der Waals surface area contributed by atoms with E-state index in [1.165, 1.54) is 14.2 Å². The lowest BCUT2D eigenvalue weighted by molar-refractivity contribution is -0.146. The van der Waals surface area contributed by atoms with Gasteiger partial charge in [0.15, 0.2) is 0 Å². The summed E-state index contributed by atoms with van der Waals surface area (Å²) in [7, 11) is 2.60. The third kappa shape index (κ3) is 4.19. The van der Waals surface area contributed by atoms with E-state index in [1.807, 2.05) is 13.8 Å². The Labute approximate surface area is 118 Å². The maximum absolute atomic E-state index is 11.7. The summed E-state index contributed by atoms with van der Waals surface area (Å²) < 4.78 is 9.30. The molecule has 1 saturated heterocycles. The van der Waals surface area contributed by atoms with Crippen molar-refractivity contribution in [1.82, 2.24) is 10.2 Å². The molecule has 7 nitrogen and oxygen atoms in total. The van der Waals surface area contributed by atoms with Crippen molar-refractivity contribution in [3.05, 3.63) is 0 Å². The Morgan fingerprint density at radius 3 is 2.50 bits per heavy atom. The van der Waals surface area contributed by atoms with Crippen molar-refractivity contribution in [2.75, 3.05) is 27.3 Å². The first kappa shape index (κ1) is 16.4. The van der Waals surface area contributed by atoms with Crippen LogP contribution in [0.25, 0.3) is 0 Å². The topological polar surface area (TPSA) is 84.9 Å². The number of Topliss-reactive ketones (excluding diaryl/α,β-unsaturated/α-hetero) is 1. The molecule has 0 spiro atoms. The standard InChI is InChI=1S/C13H22N2O5/c1-8(2)10(14-13(18)20-4)7-15-6-9(16)5-11(15)12(17)19-3/h8,10-11H,5-7H2,1-4H3,(H,14,18)/t10-,11+/m1/s1. The average Bonchev–Trinajstić information content (AvgIpc) is 2.77. The molecule has 1 aliphatic rings. The number of likely N-dealkylation sites (tertiary alicyclic amines) is 1. The van der Waals surface area contributed by atoms with Gasteiger partial charge in [0.2, 0.25) is 0 Å². The molecule has 1 amide bonds. The second-order valence-electron chi connectivity index (χ2n) is 5.20. The number of rotatable bonds is 5. The van der Waals surface area contributed by atoms with Crippen molar-refractivity contribution < 1.29 is 23.9 Å². The van der Waals surface area contributed by atoms with Gasteiger partial charge in [0.05, 0.1) is 20.8 Å². The zero-order valence-electron chi connectivity index (χ0n) is 12.3. The van der Waals surface area contributed by atoms with E-state index >= 15 is 0 Å². The second-order valence-corrected chi connectivity index (χ2v) is 5.20. The van der Waals surface area contributed by atoms with Crippen LogP contribution in [0.5, 0.6) is 0 Å². The van der Waals surface area contributed by atoms with Gasteiger partial charge in [0.1, 0.15) is 11.8 Å². The molecule has 0 aliphatic carbocycles. The van der Waals surface area contributed by atoms with Gasteiger partial charge in [-0.2, -0.15) is 0 Å². The number of esters is 1. The number of carbonyl (C=O) groups is 3. The van der Waals surface area contributed by atoms with Gasteiger partial charge < -0.3 is 14.8 Å². The number of ketones is 1. The van der Waals surface area contributed by atoms with Gasteiger partial charge in [-0.05, 0) is 5.92 Å². The van der Waals surface area contributed by atoms with Crippen LogP contribution in [0, 0.1) is 5.92 Å². The van der Waals surface area contributed by atoms with Crippen molar-refractivity contribution in [3.63, 3.8) is 0 Å². The molecule has 0 bridgehead atoms. The minimum absolute atomic E-state index is 0.000902. The van der Waals surface area contributed by atoms with Crippen molar-refractivity contribution in [2.45, 2.75) is 32.4 Å². The van der Waals surface area contributed by atoms with Crippen LogP contribution in [0.1, 0.15) is 20.3 Å². The number of methoxy groups -OCH3 is 2. The van der Waals surface area contributed by atoms with E-state index in [2.05, 4.69) is 10.1 Å². The van der Waals surface area contributed by atoms with Gasteiger partial charge >= 0.3 is 12.1 Å². The lowest BCUT2D eigenvalue weighted by Gasteiger charge is -2.29. The predicted molar refractivity (Wildman–Crippen MR) is 71.2 cm³/mol. The largest absolute Gasteiger partial charge is 0.468 e. The van der Waals surface area contributed by atoms with Crippen molar-refractivity contribution in [1.29, 1.82) is 0 Å². The van der Waals surface area contributed by atoms with Crippen LogP contribution in [-0.2, 0) is 19.1 Å². The van der Waals surface area contributed by atoms with Crippen LogP contribution in [0.3, 0.4) is 0 Å². The molecular formula is C13H22N2O5. The molecule has 114 valence electrons. The maximum Gasteiger partial charge on any atom is 0.407 e. The number of nitrogens with one attached hydrogen (secondary N) is 1. The van der Waals surface area contributed by atoms with E-state index in [-0.39, 0.29) is 30.7 Å². The summed E-state index contributed by atoms with van der Waals surface area (Å²) in [6, 6.07) is -0.770. The first-order valence-corrected chi connectivity index (χ1v) is 6.57. The van der Waals surface area contributed by atoms with E-state index in [0.717, 1.165) is 0 Å². The number of hydrogen-bond acceptors (Lipinski definition) is 6. The molecule has 1 fully saturated rings. The van der Waals surface area contributed by atoms with Crippen LogP contribution in [-0.4, -0.2) is 62.1 Å². The summed E-state index contributed by atoms with van der Waals surface area (Å²) in [5, 5.41) is 2.72. The van der Waals surface area contributed by atoms with Gasteiger partial charge in [-0.25, -0.2) is 4.79 Å². The molecule has 0 aromatic carbocycles. The highest BCUT2D eigenvalue weighted by Crippen LogP contribution is 2.18. The zero-order valence-corrected chi connectivity index (χ0v) is 12.3. The average molecular weight is 286 g/mol. The van der Waals surface area contributed by atoms with Crippen LogP contribution >= 0.6 is 0 Å². The summed E-state index contributed by atoms with van der Waals surface area (Å²) in [6.07, 6.45) is -0.362. The van der Waals surface area contributed by atoms with E-state index in [4.69, 9.17) is 4.74 Å². The smallest absolute Gasteiger partial charge is 0.407 e. The fourth-order valence-corrected chi connectivity index (χ4v) is 2.19. The number of amides is 1.